The van der Waals surface area contributed by atoms with E-state index < -0.39 is 22.8 Å². The van der Waals surface area contributed by atoms with Gasteiger partial charge in [-0.1, -0.05) is 36.4 Å². The molecule has 0 fully saturated rings. The first-order valence-corrected chi connectivity index (χ1v) is 9.47. The monoisotopic (exact) mass is 434 g/mol. The van der Waals surface area contributed by atoms with E-state index in [0.29, 0.717) is 0 Å². The zero-order chi connectivity index (χ0) is 22.9. The summed E-state index contributed by atoms with van der Waals surface area (Å²) in [6.45, 7) is -0.220. The number of nitrogens with zero attached hydrogens (tertiary/aromatic N) is 1. The topological polar surface area (TPSA) is 125 Å². The van der Waals surface area contributed by atoms with Crippen LogP contribution < -0.4 is 10.1 Å². The third-order valence-corrected chi connectivity index (χ3v) is 4.26. The van der Waals surface area contributed by atoms with Gasteiger partial charge in [0.1, 0.15) is 18.9 Å². The average Bonchev–Trinajstić information content (AvgIpc) is 2.82. The molecule has 0 spiro atoms. The Kier molecular flexibility index (Phi) is 7.26. The number of benzene rings is 3. The minimum absolute atomic E-state index is 0.101. The van der Waals surface area contributed by atoms with Crippen LogP contribution in [0.2, 0.25) is 0 Å². The smallest absolute Gasteiger partial charge is 0.343 e. The molecule has 0 aliphatic rings. The predicted octanol–water partition coefficient (Wildman–Crippen LogP) is 3.29. The van der Waals surface area contributed by atoms with Crippen molar-refractivity contribution in [1.29, 1.82) is 0 Å². The van der Waals surface area contributed by atoms with Gasteiger partial charge in [-0.05, 0) is 35.9 Å². The second-order valence-electron chi connectivity index (χ2n) is 6.55. The molecule has 0 atom stereocenters. The number of non-ortho nitro benzene ring substituents is 1. The molecule has 3 aromatic carbocycles. The quantitative estimate of drug-likeness (QED) is 0.250. The number of nitro groups is 1. The fourth-order valence-corrected chi connectivity index (χ4v) is 2.63. The minimum Gasteiger partial charge on any atom is -0.460 e. The van der Waals surface area contributed by atoms with Crippen LogP contribution in [0.15, 0.2) is 78.9 Å². The highest BCUT2D eigenvalue weighted by Gasteiger charge is 2.14. The summed E-state index contributed by atoms with van der Waals surface area (Å²) in [5.41, 5.74) is 0.971. The van der Waals surface area contributed by atoms with Crippen LogP contribution in [0.4, 0.5) is 5.69 Å². The fourth-order valence-electron chi connectivity index (χ4n) is 2.63. The van der Waals surface area contributed by atoms with E-state index in [1.54, 1.807) is 0 Å². The Hall–Kier alpha value is -4.53. The van der Waals surface area contributed by atoms with E-state index in [4.69, 9.17) is 9.47 Å². The standard InChI is InChI=1S/C23H18N2O7/c26-21(31-15-16-5-2-1-3-6-16)14-24-22(27)18-7-4-8-20(13-18)32-23(28)17-9-11-19(12-10-17)25(29)30/h1-13H,14-15H2,(H,24,27). The number of nitrogens with one attached hydrogen (secondary N) is 1. The molecule has 32 heavy (non-hydrogen) atoms. The van der Waals surface area contributed by atoms with E-state index in [1.807, 2.05) is 30.3 Å². The van der Waals surface area contributed by atoms with E-state index in [2.05, 4.69) is 5.32 Å². The van der Waals surface area contributed by atoms with Gasteiger partial charge in [0.05, 0.1) is 10.5 Å². The molecular weight excluding hydrogens is 416 g/mol. The van der Waals surface area contributed by atoms with Gasteiger partial charge in [0.15, 0.2) is 0 Å². The molecule has 9 nitrogen and oxygen atoms in total. The van der Waals surface area contributed by atoms with Crippen molar-refractivity contribution in [1.82, 2.24) is 5.32 Å². The first kappa shape index (κ1) is 22.2. The van der Waals surface area contributed by atoms with Crippen LogP contribution in [0.5, 0.6) is 5.75 Å². The summed E-state index contributed by atoms with van der Waals surface area (Å²) in [4.78, 5) is 46.5. The van der Waals surface area contributed by atoms with E-state index >= 15 is 0 Å². The zero-order valence-electron chi connectivity index (χ0n) is 16.7. The van der Waals surface area contributed by atoms with Crippen LogP contribution in [0.3, 0.4) is 0 Å². The molecular formula is C23H18N2O7. The van der Waals surface area contributed by atoms with Gasteiger partial charge >= 0.3 is 11.9 Å². The van der Waals surface area contributed by atoms with Gasteiger partial charge in [0.25, 0.3) is 11.6 Å². The molecule has 0 unspecified atom stereocenters. The third-order valence-electron chi connectivity index (χ3n) is 4.26. The van der Waals surface area contributed by atoms with Gasteiger partial charge in [0, 0.05) is 17.7 Å². The lowest BCUT2D eigenvalue weighted by Gasteiger charge is -2.08. The van der Waals surface area contributed by atoms with Crippen LogP contribution in [-0.2, 0) is 16.1 Å². The van der Waals surface area contributed by atoms with Crippen LogP contribution in [0.25, 0.3) is 0 Å². The molecule has 0 heterocycles. The molecule has 9 heteroatoms. The van der Waals surface area contributed by atoms with Gasteiger partial charge < -0.3 is 14.8 Å². The number of hydrogen-bond donors (Lipinski definition) is 1. The first-order valence-electron chi connectivity index (χ1n) is 9.47. The Morgan fingerprint density at radius 3 is 2.28 bits per heavy atom. The highest BCUT2D eigenvalue weighted by Crippen LogP contribution is 2.17. The number of amides is 1. The Balaban J connectivity index is 1.53. The third kappa shape index (κ3) is 6.23. The lowest BCUT2D eigenvalue weighted by atomic mass is 10.2. The van der Waals surface area contributed by atoms with Crippen LogP contribution >= 0.6 is 0 Å². The fraction of sp³-hybridized carbons (Fsp3) is 0.0870. The van der Waals surface area contributed by atoms with Crippen molar-refractivity contribution in [2.24, 2.45) is 0 Å². The summed E-state index contributed by atoms with van der Waals surface area (Å²) in [6.07, 6.45) is 0. The van der Waals surface area contributed by atoms with Crippen molar-refractivity contribution >= 4 is 23.5 Å². The van der Waals surface area contributed by atoms with Crippen molar-refractivity contribution in [3.63, 3.8) is 0 Å². The second-order valence-corrected chi connectivity index (χ2v) is 6.55. The van der Waals surface area contributed by atoms with E-state index in [-0.39, 0.29) is 35.7 Å². The number of rotatable bonds is 8. The van der Waals surface area contributed by atoms with Crippen molar-refractivity contribution < 1.29 is 28.8 Å². The van der Waals surface area contributed by atoms with Crippen molar-refractivity contribution in [2.75, 3.05) is 6.54 Å². The molecule has 3 rings (SSSR count). The maximum Gasteiger partial charge on any atom is 0.343 e. The Labute approximate surface area is 182 Å². The summed E-state index contributed by atoms with van der Waals surface area (Å²) in [5, 5.41) is 13.1. The Morgan fingerprint density at radius 1 is 0.875 bits per heavy atom. The summed E-state index contributed by atoms with van der Waals surface area (Å²) < 4.78 is 10.3. The summed E-state index contributed by atoms with van der Waals surface area (Å²) in [7, 11) is 0. The van der Waals surface area contributed by atoms with E-state index in [0.717, 1.165) is 5.56 Å². The molecule has 0 aliphatic carbocycles. The van der Waals surface area contributed by atoms with Gasteiger partial charge in [-0.15, -0.1) is 0 Å². The molecule has 0 saturated heterocycles. The number of hydrogen-bond acceptors (Lipinski definition) is 7. The summed E-state index contributed by atoms with van der Waals surface area (Å²) >= 11 is 0. The normalized spacial score (nSPS) is 10.1. The highest BCUT2D eigenvalue weighted by atomic mass is 16.6. The largest absolute Gasteiger partial charge is 0.460 e. The maximum atomic E-state index is 12.3. The van der Waals surface area contributed by atoms with Crippen LogP contribution in [0.1, 0.15) is 26.3 Å². The van der Waals surface area contributed by atoms with Crippen molar-refractivity contribution in [3.8, 4) is 5.75 Å². The molecule has 1 N–H and O–H groups in total. The number of carbonyl (C=O) groups excluding carboxylic acids is 3. The van der Waals surface area contributed by atoms with E-state index in [9.17, 15) is 24.5 Å². The van der Waals surface area contributed by atoms with Crippen molar-refractivity contribution in [2.45, 2.75) is 6.61 Å². The molecule has 0 aliphatic heterocycles. The Morgan fingerprint density at radius 2 is 1.59 bits per heavy atom. The molecule has 3 aromatic rings. The molecule has 0 radical (unpaired) electrons. The SMILES string of the molecule is O=C(CNC(=O)c1cccc(OC(=O)c2ccc([N+](=O)[O-])cc2)c1)OCc1ccccc1. The maximum absolute atomic E-state index is 12.3. The number of carbonyl (C=O) groups is 3. The summed E-state index contributed by atoms with van der Waals surface area (Å²) in [5.74, 6) is -1.77. The molecule has 1 amide bonds. The van der Waals surface area contributed by atoms with Gasteiger partial charge in [0.2, 0.25) is 0 Å². The number of nitro benzene ring substituents is 1. The number of ether oxygens (including phenoxy) is 2. The highest BCUT2D eigenvalue weighted by molar-refractivity contribution is 5.96. The van der Waals surface area contributed by atoms with Gasteiger partial charge in [-0.3, -0.25) is 19.7 Å². The van der Waals surface area contributed by atoms with Gasteiger partial charge in [-0.25, -0.2) is 4.79 Å². The second kappa shape index (κ2) is 10.5. The predicted molar refractivity (Wildman–Crippen MR) is 113 cm³/mol. The van der Waals surface area contributed by atoms with Crippen LogP contribution in [-0.4, -0.2) is 29.3 Å². The average molecular weight is 434 g/mol. The van der Waals surface area contributed by atoms with E-state index in [1.165, 1.54) is 48.5 Å². The zero-order valence-corrected chi connectivity index (χ0v) is 16.7. The molecule has 162 valence electrons. The number of esters is 2. The van der Waals surface area contributed by atoms with Crippen molar-refractivity contribution in [3.05, 3.63) is 106 Å². The van der Waals surface area contributed by atoms with Crippen LogP contribution in [0, 0.1) is 10.1 Å². The molecule has 0 bridgehead atoms. The lowest BCUT2D eigenvalue weighted by molar-refractivity contribution is -0.384. The molecule has 0 saturated carbocycles. The molecule has 0 aromatic heterocycles. The minimum atomic E-state index is -0.734. The summed E-state index contributed by atoms with van der Waals surface area (Å²) in [6, 6.07) is 19.9. The Bertz CT molecular complexity index is 1130. The van der Waals surface area contributed by atoms with Gasteiger partial charge in [-0.2, -0.15) is 0 Å². The lowest BCUT2D eigenvalue weighted by Crippen LogP contribution is -2.30. The first-order chi connectivity index (χ1) is 15.4.